The molecule has 0 unspecified atom stereocenters. The lowest BCUT2D eigenvalue weighted by Gasteiger charge is -2.31. The van der Waals surface area contributed by atoms with E-state index < -0.39 is 0 Å². The van der Waals surface area contributed by atoms with E-state index in [9.17, 15) is 4.79 Å². The molecule has 1 saturated heterocycles. The number of hydrogen-bond acceptors (Lipinski definition) is 5. The quantitative estimate of drug-likeness (QED) is 0.526. The minimum absolute atomic E-state index is 0.0108. The highest BCUT2D eigenvalue weighted by Gasteiger charge is 2.25. The molecule has 1 atom stereocenters. The number of carbonyl (C=O) groups is 1. The third-order valence-electron chi connectivity index (χ3n) is 5.67. The number of hydrogen-bond donors (Lipinski definition) is 1. The molecule has 158 valence electrons. The van der Waals surface area contributed by atoms with E-state index in [0.29, 0.717) is 23.0 Å². The number of piperidine rings is 1. The molecule has 4 heterocycles. The van der Waals surface area contributed by atoms with Crippen LogP contribution in [-0.4, -0.2) is 61.8 Å². The largest absolute Gasteiger partial charge is 0.380 e. The Labute approximate surface area is 183 Å². The van der Waals surface area contributed by atoms with Gasteiger partial charge in [-0.25, -0.2) is 4.98 Å². The number of ether oxygens (including phenoxy) is 1. The van der Waals surface area contributed by atoms with Gasteiger partial charge in [-0.3, -0.25) is 4.79 Å². The molecule has 0 bridgehead atoms. The third kappa shape index (κ3) is 3.68. The van der Waals surface area contributed by atoms with Gasteiger partial charge in [0.1, 0.15) is 12.0 Å². The van der Waals surface area contributed by atoms with E-state index in [2.05, 4.69) is 20.2 Å². The van der Waals surface area contributed by atoms with Crippen LogP contribution in [-0.2, 0) is 4.74 Å². The van der Waals surface area contributed by atoms with Gasteiger partial charge in [-0.2, -0.15) is 0 Å². The zero-order valence-corrected chi connectivity index (χ0v) is 17.7. The molecule has 9 heteroatoms. The van der Waals surface area contributed by atoms with Gasteiger partial charge in [0.15, 0.2) is 5.82 Å². The van der Waals surface area contributed by atoms with Gasteiger partial charge in [-0.05, 0) is 43.2 Å². The number of nitrogens with one attached hydrogen (secondary N) is 1. The fourth-order valence-electron chi connectivity index (χ4n) is 4.03. The summed E-state index contributed by atoms with van der Waals surface area (Å²) in [7, 11) is 1.69. The van der Waals surface area contributed by atoms with Gasteiger partial charge in [0.25, 0.3) is 5.91 Å². The highest BCUT2D eigenvalue weighted by molar-refractivity contribution is 6.33. The summed E-state index contributed by atoms with van der Waals surface area (Å²) >= 11 is 6.48. The molecule has 4 aromatic rings. The van der Waals surface area contributed by atoms with E-state index in [0.717, 1.165) is 41.7 Å². The standard InChI is InChI=1S/C22H21ClN6O2/c1-31-17-3-2-7-28(12-17)22(30)15-9-14-6-8-29(21(14)24-11-15)16-4-5-18(19(23)10-16)20-25-13-26-27-20/h4-6,8-11,13,17H,2-3,7,12H2,1H3,(H,25,26,27)/t17-/m0/s1. The number of nitrogens with zero attached hydrogens (tertiary/aromatic N) is 5. The van der Waals surface area contributed by atoms with Gasteiger partial charge in [0.05, 0.1) is 16.7 Å². The molecule has 1 N–H and O–H groups in total. The van der Waals surface area contributed by atoms with Crippen molar-refractivity contribution >= 4 is 28.5 Å². The summed E-state index contributed by atoms with van der Waals surface area (Å²) in [6.45, 7) is 1.36. The summed E-state index contributed by atoms with van der Waals surface area (Å²) in [5, 5.41) is 9.26. The number of carbonyl (C=O) groups excluding carboxylic acids is 1. The number of rotatable bonds is 4. The second-order valence-electron chi connectivity index (χ2n) is 7.58. The summed E-state index contributed by atoms with van der Waals surface area (Å²) < 4.78 is 7.38. The zero-order chi connectivity index (χ0) is 21.4. The van der Waals surface area contributed by atoms with E-state index in [1.54, 1.807) is 13.3 Å². The second-order valence-corrected chi connectivity index (χ2v) is 7.98. The first-order chi connectivity index (χ1) is 15.1. The van der Waals surface area contributed by atoms with Crippen molar-refractivity contribution in [2.75, 3.05) is 20.2 Å². The highest BCUT2D eigenvalue weighted by atomic mass is 35.5. The lowest BCUT2D eigenvalue weighted by atomic mass is 10.1. The second kappa shape index (κ2) is 8.13. The molecule has 0 aliphatic carbocycles. The summed E-state index contributed by atoms with van der Waals surface area (Å²) in [5.41, 5.74) is 2.99. The van der Waals surface area contributed by atoms with Gasteiger partial charge >= 0.3 is 0 Å². The van der Waals surface area contributed by atoms with Crippen molar-refractivity contribution in [3.8, 4) is 17.1 Å². The van der Waals surface area contributed by atoms with Gasteiger partial charge in [0.2, 0.25) is 0 Å². The van der Waals surface area contributed by atoms with Gasteiger partial charge < -0.3 is 19.2 Å². The Morgan fingerprint density at radius 2 is 2.19 bits per heavy atom. The molecule has 1 aromatic carbocycles. The first-order valence-electron chi connectivity index (χ1n) is 10.1. The van der Waals surface area contributed by atoms with Crippen LogP contribution in [0.3, 0.4) is 0 Å². The molecule has 5 rings (SSSR count). The Morgan fingerprint density at radius 1 is 1.29 bits per heavy atom. The van der Waals surface area contributed by atoms with E-state index >= 15 is 0 Å². The Kier molecular flexibility index (Phi) is 5.17. The Hall–Kier alpha value is -3.23. The van der Waals surface area contributed by atoms with Crippen LogP contribution in [0.15, 0.2) is 49.1 Å². The average molecular weight is 437 g/mol. The van der Waals surface area contributed by atoms with E-state index in [1.807, 2.05) is 46.0 Å². The maximum atomic E-state index is 13.0. The van der Waals surface area contributed by atoms with Crippen molar-refractivity contribution < 1.29 is 9.53 Å². The van der Waals surface area contributed by atoms with Crippen LogP contribution in [0.4, 0.5) is 0 Å². The van der Waals surface area contributed by atoms with Crippen molar-refractivity contribution in [3.05, 3.63) is 59.6 Å². The van der Waals surface area contributed by atoms with Crippen LogP contribution in [0.2, 0.25) is 5.02 Å². The van der Waals surface area contributed by atoms with Crippen molar-refractivity contribution in [1.82, 2.24) is 29.6 Å². The summed E-state index contributed by atoms with van der Waals surface area (Å²) in [6.07, 6.45) is 7.11. The number of fused-ring (bicyclic) bond motifs is 1. The average Bonchev–Trinajstić information content (AvgIpc) is 3.48. The normalized spacial score (nSPS) is 16.7. The molecule has 0 spiro atoms. The molecular weight excluding hydrogens is 416 g/mol. The van der Waals surface area contributed by atoms with Gasteiger partial charge in [-0.1, -0.05) is 11.6 Å². The fourth-order valence-corrected chi connectivity index (χ4v) is 4.29. The van der Waals surface area contributed by atoms with Crippen LogP contribution in [0.5, 0.6) is 0 Å². The van der Waals surface area contributed by atoms with Crippen molar-refractivity contribution in [1.29, 1.82) is 0 Å². The number of H-pyrrole nitrogens is 1. The number of pyridine rings is 1. The van der Waals surface area contributed by atoms with E-state index in [1.165, 1.54) is 6.33 Å². The third-order valence-corrected chi connectivity index (χ3v) is 5.99. The summed E-state index contributed by atoms with van der Waals surface area (Å²) in [6, 6.07) is 9.54. The van der Waals surface area contributed by atoms with Crippen LogP contribution >= 0.6 is 11.6 Å². The van der Waals surface area contributed by atoms with Crippen molar-refractivity contribution in [2.45, 2.75) is 18.9 Å². The van der Waals surface area contributed by atoms with Crippen molar-refractivity contribution in [3.63, 3.8) is 0 Å². The molecule has 8 nitrogen and oxygen atoms in total. The lowest BCUT2D eigenvalue weighted by molar-refractivity contribution is 0.0269. The number of amides is 1. The van der Waals surface area contributed by atoms with Crippen LogP contribution < -0.4 is 0 Å². The molecule has 1 aliphatic rings. The number of benzene rings is 1. The maximum Gasteiger partial charge on any atom is 0.255 e. The smallest absolute Gasteiger partial charge is 0.255 e. The van der Waals surface area contributed by atoms with Gasteiger partial charge in [-0.15, -0.1) is 10.2 Å². The molecular formula is C22H21ClN6O2. The fraction of sp³-hybridized carbons (Fsp3) is 0.273. The number of methoxy groups -OCH3 is 1. The molecule has 1 fully saturated rings. The Balaban J connectivity index is 1.43. The first kappa shape index (κ1) is 19.7. The number of aromatic amines is 1. The monoisotopic (exact) mass is 436 g/mol. The van der Waals surface area contributed by atoms with Gasteiger partial charge in [0, 0.05) is 49.2 Å². The molecule has 3 aromatic heterocycles. The van der Waals surface area contributed by atoms with Crippen LogP contribution in [0.1, 0.15) is 23.2 Å². The number of aromatic nitrogens is 5. The van der Waals surface area contributed by atoms with E-state index in [4.69, 9.17) is 16.3 Å². The van der Waals surface area contributed by atoms with Crippen LogP contribution in [0.25, 0.3) is 28.1 Å². The summed E-state index contributed by atoms with van der Waals surface area (Å²) in [5.74, 6) is 0.604. The Morgan fingerprint density at radius 3 is 2.97 bits per heavy atom. The zero-order valence-electron chi connectivity index (χ0n) is 17.0. The number of likely N-dealkylation sites (tertiary alicyclic amines) is 1. The topological polar surface area (TPSA) is 88.9 Å². The molecule has 1 amide bonds. The molecule has 31 heavy (non-hydrogen) atoms. The first-order valence-corrected chi connectivity index (χ1v) is 10.5. The minimum Gasteiger partial charge on any atom is -0.380 e. The minimum atomic E-state index is -0.0108. The number of halogens is 1. The van der Waals surface area contributed by atoms with E-state index in [-0.39, 0.29) is 12.0 Å². The Bertz CT molecular complexity index is 1240. The highest BCUT2D eigenvalue weighted by Crippen LogP contribution is 2.29. The van der Waals surface area contributed by atoms with Crippen LogP contribution in [0, 0.1) is 0 Å². The summed E-state index contributed by atoms with van der Waals surface area (Å²) in [4.78, 5) is 22.4. The molecule has 0 saturated carbocycles. The lowest BCUT2D eigenvalue weighted by Crippen LogP contribution is -2.42. The predicted octanol–water partition coefficient (Wildman–Crippen LogP) is 3.72. The van der Waals surface area contributed by atoms with Crippen molar-refractivity contribution in [2.24, 2.45) is 0 Å². The molecule has 1 aliphatic heterocycles. The SMILES string of the molecule is CO[C@H]1CCCN(C(=O)c2cnc3c(ccn3-c3ccc(-c4nnc[nH]4)c(Cl)c3)c2)C1. The maximum absolute atomic E-state index is 13.0. The molecule has 0 radical (unpaired) electrons. The predicted molar refractivity (Wildman–Crippen MR) is 117 cm³/mol.